The second kappa shape index (κ2) is 6.80. The van der Waals surface area contributed by atoms with Crippen LogP contribution in [0.15, 0.2) is 11.6 Å². The SMILES string of the molecule is COCC1CC2(CCN(C(=O)C3=CCCC3)CC2)CN1CC1CC1. The van der Waals surface area contributed by atoms with E-state index in [2.05, 4.69) is 15.9 Å². The molecule has 134 valence electrons. The van der Waals surface area contributed by atoms with Gasteiger partial charge in [0.1, 0.15) is 0 Å². The number of piperidine rings is 1. The summed E-state index contributed by atoms with van der Waals surface area (Å²) in [4.78, 5) is 17.4. The molecule has 0 aromatic heterocycles. The van der Waals surface area contributed by atoms with Crippen molar-refractivity contribution in [2.45, 2.75) is 57.4 Å². The van der Waals surface area contributed by atoms with Crippen molar-refractivity contribution in [3.05, 3.63) is 11.6 Å². The Balaban J connectivity index is 1.36. The molecular formula is C20H32N2O2. The number of hydrogen-bond donors (Lipinski definition) is 0. The van der Waals surface area contributed by atoms with Crippen molar-refractivity contribution in [3.8, 4) is 0 Å². The predicted molar refractivity (Wildman–Crippen MR) is 94.8 cm³/mol. The molecule has 1 atom stereocenters. The fraction of sp³-hybridized carbons (Fsp3) is 0.850. The molecule has 0 N–H and O–H groups in total. The van der Waals surface area contributed by atoms with Crippen molar-refractivity contribution in [1.29, 1.82) is 0 Å². The summed E-state index contributed by atoms with van der Waals surface area (Å²) in [7, 11) is 1.83. The number of methoxy groups -OCH3 is 1. The lowest BCUT2D eigenvalue weighted by molar-refractivity contribution is -0.129. The zero-order valence-electron chi connectivity index (χ0n) is 15.1. The van der Waals surface area contributed by atoms with Gasteiger partial charge in [0.25, 0.3) is 0 Å². The summed E-state index contributed by atoms with van der Waals surface area (Å²) < 4.78 is 5.51. The third-order valence-electron chi connectivity index (χ3n) is 6.70. The van der Waals surface area contributed by atoms with Crippen LogP contribution in [0.3, 0.4) is 0 Å². The highest BCUT2D eigenvalue weighted by atomic mass is 16.5. The Labute approximate surface area is 146 Å². The van der Waals surface area contributed by atoms with Crippen LogP contribution >= 0.6 is 0 Å². The first kappa shape index (κ1) is 16.6. The second-order valence-corrected chi connectivity index (χ2v) is 8.60. The first-order valence-electron chi connectivity index (χ1n) is 9.90. The smallest absolute Gasteiger partial charge is 0.249 e. The monoisotopic (exact) mass is 332 g/mol. The highest BCUT2D eigenvalue weighted by Crippen LogP contribution is 2.45. The molecule has 2 aliphatic heterocycles. The van der Waals surface area contributed by atoms with Gasteiger partial charge < -0.3 is 9.64 Å². The third-order valence-corrected chi connectivity index (χ3v) is 6.70. The van der Waals surface area contributed by atoms with Gasteiger partial charge in [-0.2, -0.15) is 0 Å². The molecule has 0 aromatic rings. The lowest BCUT2D eigenvalue weighted by Gasteiger charge is -2.39. The average molecular weight is 332 g/mol. The van der Waals surface area contributed by atoms with E-state index in [0.717, 1.165) is 50.4 Å². The molecular weight excluding hydrogens is 300 g/mol. The first-order chi connectivity index (χ1) is 11.7. The second-order valence-electron chi connectivity index (χ2n) is 8.60. The maximum atomic E-state index is 12.6. The van der Waals surface area contributed by atoms with E-state index in [9.17, 15) is 4.79 Å². The number of carbonyl (C=O) groups is 1. The van der Waals surface area contributed by atoms with Gasteiger partial charge in [0.05, 0.1) is 6.61 Å². The van der Waals surface area contributed by atoms with E-state index in [-0.39, 0.29) is 0 Å². The van der Waals surface area contributed by atoms with E-state index in [0.29, 0.717) is 17.4 Å². The molecule has 2 aliphatic carbocycles. The van der Waals surface area contributed by atoms with E-state index in [1.54, 1.807) is 0 Å². The summed E-state index contributed by atoms with van der Waals surface area (Å²) in [5.41, 5.74) is 1.50. The summed E-state index contributed by atoms with van der Waals surface area (Å²) in [5, 5.41) is 0. The quantitative estimate of drug-likeness (QED) is 0.776. The molecule has 0 radical (unpaired) electrons. The Morgan fingerprint density at radius 3 is 2.75 bits per heavy atom. The highest BCUT2D eigenvalue weighted by molar-refractivity contribution is 5.93. The molecule has 3 fully saturated rings. The number of carbonyl (C=O) groups excluding carboxylic acids is 1. The van der Waals surface area contributed by atoms with Crippen molar-refractivity contribution >= 4 is 5.91 Å². The summed E-state index contributed by atoms with van der Waals surface area (Å²) in [6.07, 6.45) is 11.8. The predicted octanol–water partition coefficient (Wildman–Crippen LogP) is 2.84. The maximum absolute atomic E-state index is 12.6. The first-order valence-corrected chi connectivity index (χ1v) is 9.90. The van der Waals surface area contributed by atoms with Gasteiger partial charge in [-0.3, -0.25) is 9.69 Å². The number of amides is 1. The van der Waals surface area contributed by atoms with Gasteiger partial charge >= 0.3 is 0 Å². The summed E-state index contributed by atoms with van der Waals surface area (Å²) >= 11 is 0. The van der Waals surface area contributed by atoms with E-state index in [4.69, 9.17) is 4.74 Å². The zero-order chi connectivity index (χ0) is 16.6. The standard InChI is InChI=1S/C20H32N2O2/c1-24-14-18-12-20(15-22(18)13-16-6-7-16)8-10-21(11-9-20)19(23)17-4-2-3-5-17/h4,16,18H,2-3,5-15H2,1H3. The van der Waals surface area contributed by atoms with Gasteiger partial charge in [-0.05, 0) is 62.7 Å². The normalized spacial score (nSPS) is 30.1. The summed E-state index contributed by atoms with van der Waals surface area (Å²) in [6.45, 7) is 5.26. The van der Waals surface area contributed by atoms with Crippen molar-refractivity contribution in [3.63, 3.8) is 0 Å². The van der Waals surface area contributed by atoms with Crippen LogP contribution < -0.4 is 0 Å². The Bertz CT molecular complexity index is 504. The van der Waals surface area contributed by atoms with Gasteiger partial charge in [-0.1, -0.05) is 6.08 Å². The Kier molecular flexibility index (Phi) is 4.70. The van der Waals surface area contributed by atoms with Gasteiger partial charge in [0.15, 0.2) is 0 Å². The van der Waals surface area contributed by atoms with Crippen LogP contribution in [0.2, 0.25) is 0 Å². The van der Waals surface area contributed by atoms with Crippen molar-refractivity contribution in [2.75, 3.05) is 39.9 Å². The van der Waals surface area contributed by atoms with Gasteiger partial charge in [-0.15, -0.1) is 0 Å². The highest BCUT2D eigenvalue weighted by Gasteiger charge is 2.47. The molecule has 4 heteroatoms. The lowest BCUT2D eigenvalue weighted by Crippen LogP contribution is -2.44. The number of ether oxygens (including phenoxy) is 1. The van der Waals surface area contributed by atoms with Crippen LogP contribution in [0.5, 0.6) is 0 Å². The van der Waals surface area contributed by atoms with Gasteiger partial charge in [0, 0.05) is 44.9 Å². The average Bonchev–Trinajstić information content (AvgIpc) is 3.11. The molecule has 24 heavy (non-hydrogen) atoms. The number of allylic oxidation sites excluding steroid dienone is 1. The fourth-order valence-electron chi connectivity index (χ4n) is 5.07. The van der Waals surface area contributed by atoms with Crippen molar-refractivity contribution in [1.82, 2.24) is 9.80 Å². The number of nitrogens with zero attached hydrogens (tertiary/aromatic N) is 2. The van der Waals surface area contributed by atoms with Crippen molar-refractivity contribution < 1.29 is 9.53 Å². The largest absolute Gasteiger partial charge is 0.383 e. The molecule has 4 nitrogen and oxygen atoms in total. The van der Waals surface area contributed by atoms with E-state index >= 15 is 0 Å². The summed E-state index contributed by atoms with van der Waals surface area (Å²) in [6, 6.07) is 0.593. The number of rotatable bonds is 5. The van der Waals surface area contributed by atoms with E-state index < -0.39 is 0 Å². The van der Waals surface area contributed by atoms with Crippen molar-refractivity contribution in [2.24, 2.45) is 11.3 Å². The Morgan fingerprint density at radius 1 is 1.33 bits per heavy atom. The van der Waals surface area contributed by atoms with Crippen LogP contribution in [0.1, 0.15) is 51.4 Å². The molecule has 1 unspecified atom stereocenters. The Hall–Kier alpha value is -0.870. The molecule has 0 aromatic carbocycles. The Morgan fingerprint density at radius 2 is 2.12 bits per heavy atom. The molecule has 2 heterocycles. The van der Waals surface area contributed by atoms with Gasteiger partial charge in [-0.25, -0.2) is 0 Å². The molecule has 1 saturated carbocycles. The number of likely N-dealkylation sites (tertiary alicyclic amines) is 2. The maximum Gasteiger partial charge on any atom is 0.249 e. The summed E-state index contributed by atoms with van der Waals surface area (Å²) in [5.74, 6) is 1.26. The minimum atomic E-state index is 0.323. The molecule has 2 saturated heterocycles. The topological polar surface area (TPSA) is 32.8 Å². The third kappa shape index (κ3) is 3.41. The fourth-order valence-corrected chi connectivity index (χ4v) is 5.07. The lowest BCUT2D eigenvalue weighted by atomic mass is 9.76. The van der Waals surface area contributed by atoms with Crippen LogP contribution in [0, 0.1) is 11.3 Å². The van der Waals surface area contributed by atoms with E-state index in [1.165, 1.54) is 45.2 Å². The van der Waals surface area contributed by atoms with E-state index in [1.807, 2.05) is 7.11 Å². The zero-order valence-corrected chi connectivity index (χ0v) is 15.1. The molecule has 4 aliphatic rings. The molecule has 0 bridgehead atoms. The van der Waals surface area contributed by atoms with Crippen LogP contribution in [-0.4, -0.2) is 61.6 Å². The van der Waals surface area contributed by atoms with Crippen LogP contribution in [-0.2, 0) is 9.53 Å². The van der Waals surface area contributed by atoms with Gasteiger partial charge in [0.2, 0.25) is 5.91 Å². The molecule has 1 spiro atoms. The van der Waals surface area contributed by atoms with Crippen LogP contribution in [0.25, 0.3) is 0 Å². The minimum Gasteiger partial charge on any atom is -0.383 e. The minimum absolute atomic E-state index is 0.323. The number of hydrogen-bond acceptors (Lipinski definition) is 3. The molecule has 4 rings (SSSR count). The van der Waals surface area contributed by atoms with Crippen LogP contribution in [0.4, 0.5) is 0 Å². The molecule has 1 amide bonds.